The SMILES string of the molecule is O=C(NC(=S)NCCc1ccccc1)c1ccc2c(c1)OCO2. The first-order chi connectivity index (χ1) is 11.2. The monoisotopic (exact) mass is 328 g/mol. The number of hydrogen-bond donors (Lipinski definition) is 2. The fraction of sp³-hybridized carbons (Fsp3) is 0.176. The van der Waals surface area contributed by atoms with Gasteiger partial charge in [-0.15, -0.1) is 0 Å². The molecule has 3 rings (SSSR count). The maximum Gasteiger partial charge on any atom is 0.257 e. The lowest BCUT2D eigenvalue weighted by Gasteiger charge is -2.10. The normalized spacial score (nSPS) is 11.8. The van der Waals surface area contributed by atoms with Crippen molar-refractivity contribution in [2.75, 3.05) is 13.3 Å². The number of fused-ring (bicyclic) bond motifs is 1. The van der Waals surface area contributed by atoms with Crippen LogP contribution in [0.2, 0.25) is 0 Å². The minimum Gasteiger partial charge on any atom is -0.454 e. The van der Waals surface area contributed by atoms with Crippen molar-refractivity contribution >= 4 is 23.2 Å². The summed E-state index contributed by atoms with van der Waals surface area (Å²) in [6.45, 7) is 0.837. The number of ether oxygens (including phenoxy) is 2. The van der Waals surface area contributed by atoms with Crippen LogP contribution in [0.1, 0.15) is 15.9 Å². The first-order valence-electron chi connectivity index (χ1n) is 7.25. The first-order valence-corrected chi connectivity index (χ1v) is 7.66. The minimum absolute atomic E-state index is 0.180. The lowest BCUT2D eigenvalue weighted by atomic mass is 10.1. The second kappa shape index (κ2) is 7.11. The van der Waals surface area contributed by atoms with Crippen LogP contribution in [0.5, 0.6) is 11.5 Å². The van der Waals surface area contributed by atoms with Gasteiger partial charge < -0.3 is 14.8 Å². The molecule has 0 saturated heterocycles. The summed E-state index contributed by atoms with van der Waals surface area (Å²) in [6, 6.07) is 15.1. The highest BCUT2D eigenvalue weighted by molar-refractivity contribution is 7.80. The number of rotatable bonds is 4. The molecule has 2 aromatic rings. The molecular weight excluding hydrogens is 312 g/mol. The molecule has 118 valence electrons. The molecule has 0 aromatic heterocycles. The maximum absolute atomic E-state index is 12.2. The highest BCUT2D eigenvalue weighted by Gasteiger charge is 2.16. The molecule has 0 unspecified atom stereocenters. The third-order valence-electron chi connectivity index (χ3n) is 3.40. The van der Waals surface area contributed by atoms with Gasteiger partial charge in [-0.3, -0.25) is 10.1 Å². The molecule has 1 aliphatic rings. The number of nitrogens with one attached hydrogen (secondary N) is 2. The Kier molecular flexibility index (Phi) is 4.73. The van der Waals surface area contributed by atoms with Gasteiger partial charge >= 0.3 is 0 Å². The third-order valence-corrected chi connectivity index (χ3v) is 3.65. The van der Waals surface area contributed by atoms with Crippen LogP contribution in [0, 0.1) is 0 Å². The van der Waals surface area contributed by atoms with Gasteiger partial charge in [0.1, 0.15) is 0 Å². The summed E-state index contributed by atoms with van der Waals surface area (Å²) in [5, 5.41) is 6.00. The van der Waals surface area contributed by atoms with Crippen molar-refractivity contribution < 1.29 is 14.3 Å². The molecule has 2 N–H and O–H groups in total. The van der Waals surface area contributed by atoms with E-state index in [1.54, 1.807) is 18.2 Å². The molecule has 0 aliphatic carbocycles. The third kappa shape index (κ3) is 3.98. The van der Waals surface area contributed by atoms with Gasteiger partial charge in [0.05, 0.1) is 0 Å². The molecule has 0 atom stereocenters. The van der Waals surface area contributed by atoms with Crippen molar-refractivity contribution in [2.45, 2.75) is 6.42 Å². The summed E-state index contributed by atoms with van der Waals surface area (Å²) in [5.41, 5.74) is 1.69. The molecule has 1 aliphatic heterocycles. The molecule has 1 heterocycles. The molecule has 0 fully saturated rings. The molecule has 0 spiro atoms. The Morgan fingerprint density at radius 1 is 1.09 bits per heavy atom. The zero-order chi connectivity index (χ0) is 16.1. The van der Waals surface area contributed by atoms with E-state index in [1.165, 1.54) is 5.56 Å². The highest BCUT2D eigenvalue weighted by Crippen LogP contribution is 2.32. The molecule has 23 heavy (non-hydrogen) atoms. The van der Waals surface area contributed by atoms with Crippen molar-refractivity contribution in [3.8, 4) is 11.5 Å². The van der Waals surface area contributed by atoms with E-state index in [0.29, 0.717) is 28.7 Å². The van der Waals surface area contributed by atoms with Crippen molar-refractivity contribution in [3.05, 3.63) is 59.7 Å². The smallest absolute Gasteiger partial charge is 0.257 e. The Balaban J connectivity index is 1.48. The summed E-state index contributed by atoms with van der Waals surface area (Å²) in [7, 11) is 0. The van der Waals surface area contributed by atoms with Crippen LogP contribution in [0.25, 0.3) is 0 Å². The lowest BCUT2D eigenvalue weighted by Crippen LogP contribution is -2.40. The molecule has 0 bridgehead atoms. The topological polar surface area (TPSA) is 59.6 Å². The van der Waals surface area contributed by atoms with Crippen LogP contribution < -0.4 is 20.1 Å². The predicted octanol–water partition coefficient (Wildman–Crippen LogP) is 2.26. The van der Waals surface area contributed by atoms with E-state index in [2.05, 4.69) is 22.8 Å². The fourth-order valence-electron chi connectivity index (χ4n) is 2.22. The summed E-state index contributed by atoms with van der Waals surface area (Å²) in [4.78, 5) is 12.2. The maximum atomic E-state index is 12.2. The molecule has 1 amide bonds. The molecule has 2 aromatic carbocycles. The van der Waals surface area contributed by atoms with Crippen LogP contribution >= 0.6 is 12.2 Å². The Hall–Kier alpha value is -2.60. The summed E-state index contributed by atoms with van der Waals surface area (Å²) in [6.07, 6.45) is 0.834. The highest BCUT2D eigenvalue weighted by atomic mass is 32.1. The van der Waals surface area contributed by atoms with Crippen LogP contribution in [0.4, 0.5) is 0 Å². The standard InChI is InChI=1S/C17H16N2O3S/c20-16(13-6-7-14-15(10-13)22-11-21-14)19-17(23)18-9-8-12-4-2-1-3-5-12/h1-7,10H,8-9,11H2,(H2,18,19,20,23). The van der Waals surface area contributed by atoms with Crippen molar-refractivity contribution in [1.82, 2.24) is 10.6 Å². The number of thiocarbonyl (C=S) groups is 1. The van der Waals surface area contributed by atoms with Crippen LogP contribution in [0.3, 0.4) is 0 Å². The van der Waals surface area contributed by atoms with Crippen molar-refractivity contribution in [3.63, 3.8) is 0 Å². The molecular formula is C17H16N2O3S. The summed E-state index contributed by atoms with van der Waals surface area (Å²) < 4.78 is 10.5. The van der Waals surface area contributed by atoms with E-state index in [-0.39, 0.29) is 12.7 Å². The van der Waals surface area contributed by atoms with E-state index in [9.17, 15) is 4.79 Å². The van der Waals surface area contributed by atoms with Gasteiger partial charge in [-0.1, -0.05) is 30.3 Å². The second-order valence-corrected chi connectivity index (χ2v) is 5.42. The first kappa shape index (κ1) is 15.3. The van der Waals surface area contributed by atoms with E-state index >= 15 is 0 Å². The zero-order valence-corrected chi connectivity index (χ0v) is 13.2. The number of hydrogen-bond acceptors (Lipinski definition) is 4. The molecule has 6 heteroatoms. The van der Waals surface area contributed by atoms with Gasteiger partial charge in [-0.05, 0) is 42.4 Å². The minimum atomic E-state index is -0.277. The van der Waals surface area contributed by atoms with E-state index < -0.39 is 0 Å². The van der Waals surface area contributed by atoms with Gasteiger partial charge in [0.25, 0.3) is 5.91 Å². The van der Waals surface area contributed by atoms with Gasteiger partial charge in [0.2, 0.25) is 6.79 Å². The van der Waals surface area contributed by atoms with Crippen LogP contribution in [-0.2, 0) is 6.42 Å². The Morgan fingerprint density at radius 3 is 2.70 bits per heavy atom. The van der Waals surface area contributed by atoms with Gasteiger partial charge in [0, 0.05) is 12.1 Å². The van der Waals surface area contributed by atoms with Gasteiger partial charge in [0.15, 0.2) is 16.6 Å². The van der Waals surface area contributed by atoms with Gasteiger partial charge in [-0.2, -0.15) is 0 Å². The number of carbonyl (C=O) groups is 1. The molecule has 5 nitrogen and oxygen atoms in total. The number of amides is 1. The fourth-order valence-corrected chi connectivity index (χ4v) is 2.42. The van der Waals surface area contributed by atoms with Crippen molar-refractivity contribution in [1.29, 1.82) is 0 Å². The quantitative estimate of drug-likeness (QED) is 0.843. The largest absolute Gasteiger partial charge is 0.454 e. The summed E-state index contributed by atoms with van der Waals surface area (Å²) in [5.74, 6) is 0.936. The van der Waals surface area contributed by atoms with E-state index in [1.807, 2.05) is 18.2 Å². The lowest BCUT2D eigenvalue weighted by molar-refractivity contribution is 0.0976. The molecule has 0 radical (unpaired) electrons. The van der Waals surface area contributed by atoms with Crippen LogP contribution in [0.15, 0.2) is 48.5 Å². The van der Waals surface area contributed by atoms with Crippen LogP contribution in [-0.4, -0.2) is 24.4 Å². The Morgan fingerprint density at radius 2 is 1.87 bits per heavy atom. The molecule has 0 saturated carbocycles. The number of carbonyl (C=O) groups excluding carboxylic acids is 1. The van der Waals surface area contributed by atoms with Gasteiger partial charge in [-0.25, -0.2) is 0 Å². The second-order valence-electron chi connectivity index (χ2n) is 5.01. The average Bonchev–Trinajstić information content (AvgIpc) is 3.03. The predicted molar refractivity (Wildman–Crippen MR) is 90.8 cm³/mol. The van der Waals surface area contributed by atoms with E-state index in [4.69, 9.17) is 21.7 Å². The Labute approximate surface area is 139 Å². The Bertz CT molecular complexity index is 719. The average molecular weight is 328 g/mol. The number of benzene rings is 2. The zero-order valence-electron chi connectivity index (χ0n) is 12.4. The van der Waals surface area contributed by atoms with E-state index in [0.717, 1.165) is 6.42 Å². The summed E-state index contributed by atoms with van der Waals surface area (Å²) >= 11 is 5.15. The van der Waals surface area contributed by atoms with Crippen molar-refractivity contribution in [2.24, 2.45) is 0 Å².